The van der Waals surface area contributed by atoms with Gasteiger partial charge in [0.2, 0.25) is 0 Å². The van der Waals surface area contributed by atoms with Gasteiger partial charge in [0.15, 0.2) is 8.32 Å². The molecule has 2 heteroatoms. The molecule has 0 aliphatic carbocycles. The number of rotatable bonds is 5. The van der Waals surface area contributed by atoms with Gasteiger partial charge in [-0.15, -0.1) is 0 Å². The van der Waals surface area contributed by atoms with Crippen molar-refractivity contribution in [3.05, 3.63) is 59.2 Å². The second-order valence-corrected chi connectivity index (χ2v) is 15.5. The van der Waals surface area contributed by atoms with E-state index in [-0.39, 0.29) is 5.04 Å². The molecular formula is C25H38OSi. The number of hydrogen-bond donors (Lipinski definition) is 0. The van der Waals surface area contributed by atoms with Crippen LogP contribution in [0.5, 0.6) is 0 Å². The van der Waals surface area contributed by atoms with Gasteiger partial charge in [-0.2, -0.15) is 0 Å². The van der Waals surface area contributed by atoms with E-state index in [9.17, 15) is 0 Å². The molecule has 0 atom stereocenters. The topological polar surface area (TPSA) is 9.23 Å². The molecule has 0 saturated heterocycles. The maximum atomic E-state index is 6.42. The normalized spacial score (nSPS) is 13.1. The molecule has 2 aromatic rings. The van der Waals surface area contributed by atoms with E-state index < -0.39 is 8.32 Å². The summed E-state index contributed by atoms with van der Waals surface area (Å²) in [5, 5.41) is 0.239. The van der Waals surface area contributed by atoms with Gasteiger partial charge in [-0.05, 0) is 65.2 Å². The largest absolute Gasteiger partial charge is 0.413 e. The van der Waals surface area contributed by atoms with Gasteiger partial charge in [0.1, 0.15) is 0 Å². The second kappa shape index (κ2) is 7.93. The van der Waals surface area contributed by atoms with Crippen molar-refractivity contribution in [3.8, 4) is 11.1 Å². The van der Waals surface area contributed by atoms with E-state index in [1.165, 1.54) is 27.8 Å². The zero-order chi connectivity index (χ0) is 20.5. The summed E-state index contributed by atoms with van der Waals surface area (Å²) in [7, 11) is -1.73. The molecule has 0 saturated carbocycles. The Balaban J connectivity index is 2.25. The lowest BCUT2D eigenvalue weighted by Crippen LogP contribution is -2.40. The first kappa shape index (κ1) is 21.9. The van der Waals surface area contributed by atoms with Crippen molar-refractivity contribution in [1.82, 2.24) is 0 Å². The standard InChI is InChI=1S/C25H38OSi/c1-19-13-21(17-24(2,3)4)16-23(14-19)22-12-10-11-20(15-22)18-26-27(8,9)25(5,6)7/h10-16H,17-18H2,1-9H3. The van der Waals surface area contributed by atoms with Gasteiger partial charge in [0.05, 0.1) is 6.61 Å². The zero-order valence-electron chi connectivity index (χ0n) is 18.9. The molecule has 0 radical (unpaired) electrons. The summed E-state index contributed by atoms with van der Waals surface area (Å²) in [5.74, 6) is 0. The molecule has 27 heavy (non-hydrogen) atoms. The van der Waals surface area contributed by atoms with Crippen LogP contribution in [-0.4, -0.2) is 8.32 Å². The first-order chi connectivity index (χ1) is 12.3. The Morgan fingerprint density at radius 2 is 1.44 bits per heavy atom. The van der Waals surface area contributed by atoms with Crippen molar-refractivity contribution in [1.29, 1.82) is 0 Å². The molecule has 148 valence electrons. The van der Waals surface area contributed by atoms with E-state index in [4.69, 9.17) is 4.43 Å². The van der Waals surface area contributed by atoms with Gasteiger partial charge in [-0.1, -0.05) is 83.5 Å². The third-order valence-electron chi connectivity index (χ3n) is 5.54. The predicted octanol–water partition coefficient (Wildman–Crippen LogP) is 7.77. The minimum atomic E-state index is -1.73. The fraction of sp³-hybridized carbons (Fsp3) is 0.520. The lowest BCUT2D eigenvalue weighted by atomic mass is 9.86. The Morgan fingerprint density at radius 1 is 0.815 bits per heavy atom. The first-order valence-electron chi connectivity index (χ1n) is 10.1. The van der Waals surface area contributed by atoms with Crippen molar-refractivity contribution in [3.63, 3.8) is 0 Å². The van der Waals surface area contributed by atoms with Crippen LogP contribution in [0.15, 0.2) is 42.5 Å². The second-order valence-electron chi connectivity index (χ2n) is 10.7. The van der Waals surface area contributed by atoms with Crippen LogP contribution in [0.1, 0.15) is 58.2 Å². The number of benzene rings is 2. The molecular weight excluding hydrogens is 344 g/mol. The molecule has 0 aliphatic heterocycles. The highest BCUT2D eigenvalue weighted by Gasteiger charge is 2.37. The average Bonchev–Trinajstić information content (AvgIpc) is 2.50. The van der Waals surface area contributed by atoms with Crippen molar-refractivity contribution < 1.29 is 4.43 Å². The molecule has 2 rings (SSSR count). The molecule has 2 aromatic carbocycles. The Labute approximate surface area is 168 Å². The van der Waals surface area contributed by atoms with Gasteiger partial charge in [0, 0.05) is 0 Å². The molecule has 0 aliphatic rings. The van der Waals surface area contributed by atoms with Crippen molar-refractivity contribution in [2.45, 2.75) is 79.6 Å². The summed E-state index contributed by atoms with van der Waals surface area (Å²) in [4.78, 5) is 0. The van der Waals surface area contributed by atoms with Crippen LogP contribution in [0, 0.1) is 12.3 Å². The fourth-order valence-corrected chi connectivity index (χ4v) is 4.03. The summed E-state index contributed by atoms with van der Waals surface area (Å²) < 4.78 is 6.42. The van der Waals surface area contributed by atoms with Gasteiger partial charge < -0.3 is 4.43 Å². The molecule has 0 aromatic heterocycles. The molecule has 0 N–H and O–H groups in total. The SMILES string of the molecule is Cc1cc(CC(C)(C)C)cc(-c2cccc(CO[Si](C)(C)C(C)(C)C)c2)c1. The fourth-order valence-electron chi connectivity index (χ4n) is 3.06. The monoisotopic (exact) mass is 382 g/mol. The van der Waals surface area contributed by atoms with Crippen LogP contribution in [0.4, 0.5) is 0 Å². The average molecular weight is 383 g/mol. The Hall–Kier alpha value is -1.38. The third kappa shape index (κ3) is 6.33. The van der Waals surface area contributed by atoms with Crippen LogP contribution in [-0.2, 0) is 17.5 Å². The molecule has 0 spiro atoms. The van der Waals surface area contributed by atoms with E-state index in [0.717, 1.165) is 6.42 Å². The highest BCUT2D eigenvalue weighted by Crippen LogP contribution is 2.37. The minimum absolute atomic E-state index is 0.239. The van der Waals surface area contributed by atoms with Gasteiger partial charge >= 0.3 is 0 Å². The van der Waals surface area contributed by atoms with E-state index in [1.54, 1.807) is 0 Å². The summed E-state index contributed by atoms with van der Waals surface area (Å²) in [5.41, 5.74) is 6.89. The molecule has 0 unspecified atom stereocenters. The Kier molecular flexibility index (Phi) is 6.43. The zero-order valence-corrected chi connectivity index (χ0v) is 19.9. The summed E-state index contributed by atoms with van der Waals surface area (Å²) in [6.45, 7) is 21.3. The van der Waals surface area contributed by atoms with Crippen LogP contribution < -0.4 is 0 Å². The molecule has 0 fully saturated rings. The van der Waals surface area contributed by atoms with Crippen LogP contribution in [0.3, 0.4) is 0 Å². The van der Waals surface area contributed by atoms with Crippen LogP contribution in [0.2, 0.25) is 18.1 Å². The summed E-state index contributed by atoms with van der Waals surface area (Å²) in [6, 6.07) is 15.8. The highest BCUT2D eigenvalue weighted by atomic mass is 28.4. The maximum Gasteiger partial charge on any atom is 0.192 e. The Morgan fingerprint density at radius 3 is 2.04 bits per heavy atom. The van der Waals surface area contributed by atoms with Crippen molar-refractivity contribution in [2.75, 3.05) is 0 Å². The molecule has 0 amide bonds. The molecule has 0 bridgehead atoms. The van der Waals surface area contributed by atoms with E-state index in [1.807, 2.05) is 0 Å². The highest BCUT2D eigenvalue weighted by molar-refractivity contribution is 6.74. The number of hydrogen-bond acceptors (Lipinski definition) is 1. The lowest BCUT2D eigenvalue weighted by molar-refractivity contribution is 0.276. The van der Waals surface area contributed by atoms with E-state index in [2.05, 4.69) is 104 Å². The number of aryl methyl sites for hydroxylation is 1. The van der Waals surface area contributed by atoms with Crippen molar-refractivity contribution >= 4 is 8.32 Å². The third-order valence-corrected chi connectivity index (χ3v) is 10.0. The summed E-state index contributed by atoms with van der Waals surface area (Å²) >= 11 is 0. The summed E-state index contributed by atoms with van der Waals surface area (Å²) in [6.07, 6.45) is 1.09. The van der Waals surface area contributed by atoms with Crippen LogP contribution in [0.25, 0.3) is 11.1 Å². The van der Waals surface area contributed by atoms with Gasteiger partial charge in [-0.25, -0.2) is 0 Å². The lowest BCUT2D eigenvalue weighted by Gasteiger charge is -2.36. The van der Waals surface area contributed by atoms with E-state index in [0.29, 0.717) is 12.0 Å². The van der Waals surface area contributed by atoms with Crippen molar-refractivity contribution in [2.24, 2.45) is 5.41 Å². The molecule has 0 heterocycles. The molecule has 1 nitrogen and oxygen atoms in total. The van der Waals surface area contributed by atoms with Crippen LogP contribution >= 0.6 is 0 Å². The van der Waals surface area contributed by atoms with Gasteiger partial charge in [0.25, 0.3) is 0 Å². The minimum Gasteiger partial charge on any atom is -0.413 e. The Bertz CT molecular complexity index is 776. The smallest absolute Gasteiger partial charge is 0.192 e. The first-order valence-corrected chi connectivity index (χ1v) is 13.0. The van der Waals surface area contributed by atoms with E-state index >= 15 is 0 Å². The predicted molar refractivity (Wildman–Crippen MR) is 122 cm³/mol. The quantitative estimate of drug-likeness (QED) is 0.480. The van der Waals surface area contributed by atoms with Gasteiger partial charge in [-0.3, -0.25) is 0 Å². The maximum absolute atomic E-state index is 6.42.